The van der Waals surface area contributed by atoms with Crippen molar-refractivity contribution in [2.24, 2.45) is 0 Å². The Labute approximate surface area is 122 Å². The zero-order valence-corrected chi connectivity index (χ0v) is 12.1. The van der Waals surface area contributed by atoms with Gasteiger partial charge < -0.3 is 5.73 Å². The number of benzene rings is 2. The number of hydrogen-bond donors (Lipinski definition) is 1. The molecular formula is C16H14ClN3. The molecule has 0 radical (unpaired) electrons. The first kappa shape index (κ1) is 12.9. The number of rotatable bonds is 1. The first-order valence-corrected chi connectivity index (χ1v) is 6.73. The summed E-state index contributed by atoms with van der Waals surface area (Å²) in [4.78, 5) is 8.96. The third kappa shape index (κ3) is 2.21. The van der Waals surface area contributed by atoms with E-state index in [2.05, 4.69) is 9.97 Å². The fourth-order valence-corrected chi connectivity index (χ4v) is 2.31. The summed E-state index contributed by atoms with van der Waals surface area (Å²) in [6, 6.07) is 11.7. The van der Waals surface area contributed by atoms with E-state index in [1.807, 2.05) is 50.2 Å². The molecule has 1 aromatic heterocycles. The lowest BCUT2D eigenvalue weighted by Gasteiger charge is -2.07. The first-order valence-electron chi connectivity index (χ1n) is 6.35. The fraction of sp³-hybridized carbons (Fsp3) is 0.125. The molecule has 2 N–H and O–H groups in total. The van der Waals surface area contributed by atoms with Crippen LogP contribution in [0.1, 0.15) is 11.1 Å². The van der Waals surface area contributed by atoms with Crippen LogP contribution >= 0.6 is 11.6 Å². The highest BCUT2D eigenvalue weighted by molar-refractivity contribution is 6.31. The van der Waals surface area contributed by atoms with Crippen LogP contribution in [0, 0.1) is 13.8 Å². The van der Waals surface area contributed by atoms with Gasteiger partial charge in [0.05, 0.1) is 5.52 Å². The van der Waals surface area contributed by atoms with E-state index < -0.39 is 0 Å². The van der Waals surface area contributed by atoms with Crippen molar-refractivity contribution in [1.82, 2.24) is 9.97 Å². The minimum atomic E-state index is 0.491. The fourth-order valence-electron chi connectivity index (χ4n) is 2.13. The Morgan fingerprint density at radius 2 is 1.80 bits per heavy atom. The van der Waals surface area contributed by atoms with Crippen LogP contribution in [-0.4, -0.2) is 9.97 Å². The van der Waals surface area contributed by atoms with Gasteiger partial charge in [-0.15, -0.1) is 0 Å². The van der Waals surface area contributed by atoms with E-state index in [4.69, 9.17) is 17.3 Å². The summed E-state index contributed by atoms with van der Waals surface area (Å²) < 4.78 is 0. The van der Waals surface area contributed by atoms with E-state index in [0.717, 1.165) is 27.6 Å². The van der Waals surface area contributed by atoms with Crippen LogP contribution in [0.15, 0.2) is 36.4 Å². The molecule has 4 heteroatoms. The predicted molar refractivity (Wildman–Crippen MR) is 83.9 cm³/mol. The maximum atomic E-state index is 6.16. The van der Waals surface area contributed by atoms with Crippen LogP contribution in [0.4, 0.5) is 5.82 Å². The van der Waals surface area contributed by atoms with E-state index in [0.29, 0.717) is 16.7 Å². The summed E-state index contributed by atoms with van der Waals surface area (Å²) in [7, 11) is 0. The quantitative estimate of drug-likeness (QED) is 0.730. The molecule has 3 rings (SSSR count). The summed E-state index contributed by atoms with van der Waals surface area (Å²) in [5.41, 5.74) is 9.93. The topological polar surface area (TPSA) is 51.8 Å². The Bertz CT molecular complexity index is 812. The lowest BCUT2D eigenvalue weighted by atomic mass is 10.1. The van der Waals surface area contributed by atoms with Crippen molar-refractivity contribution in [3.05, 3.63) is 52.5 Å². The molecule has 0 unspecified atom stereocenters. The van der Waals surface area contributed by atoms with Gasteiger partial charge >= 0.3 is 0 Å². The van der Waals surface area contributed by atoms with Crippen LogP contribution < -0.4 is 5.73 Å². The second-order valence-electron chi connectivity index (χ2n) is 4.92. The molecule has 1 heterocycles. The molecule has 100 valence electrons. The summed E-state index contributed by atoms with van der Waals surface area (Å²) in [5, 5.41) is 1.58. The number of nitrogen functional groups attached to an aromatic ring is 1. The van der Waals surface area contributed by atoms with Gasteiger partial charge in [0.25, 0.3) is 0 Å². The maximum absolute atomic E-state index is 6.16. The number of aryl methyl sites for hydroxylation is 2. The van der Waals surface area contributed by atoms with E-state index >= 15 is 0 Å². The van der Waals surface area contributed by atoms with Gasteiger partial charge in [-0.1, -0.05) is 35.4 Å². The SMILES string of the molecule is Cc1ccc2nc(-c3ccc(C)c(Cl)c3)nc(N)c2c1. The van der Waals surface area contributed by atoms with Gasteiger partial charge in [-0.3, -0.25) is 0 Å². The monoisotopic (exact) mass is 283 g/mol. The summed E-state index contributed by atoms with van der Waals surface area (Å²) in [6.45, 7) is 3.98. The minimum Gasteiger partial charge on any atom is -0.383 e. The van der Waals surface area contributed by atoms with Crippen molar-refractivity contribution in [3.63, 3.8) is 0 Å². The van der Waals surface area contributed by atoms with Crippen molar-refractivity contribution in [2.75, 3.05) is 5.73 Å². The first-order chi connectivity index (χ1) is 9.54. The van der Waals surface area contributed by atoms with E-state index in [9.17, 15) is 0 Å². The number of fused-ring (bicyclic) bond motifs is 1. The molecule has 0 amide bonds. The van der Waals surface area contributed by atoms with Gasteiger partial charge in [0.2, 0.25) is 0 Å². The summed E-state index contributed by atoms with van der Waals surface area (Å²) >= 11 is 6.16. The van der Waals surface area contributed by atoms with Crippen LogP contribution in [-0.2, 0) is 0 Å². The molecule has 0 saturated carbocycles. The largest absolute Gasteiger partial charge is 0.383 e. The van der Waals surface area contributed by atoms with Crippen molar-refractivity contribution >= 4 is 28.3 Å². The predicted octanol–water partition coefficient (Wildman–Crippen LogP) is 4.15. The zero-order valence-electron chi connectivity index (χ0n) is 11.3. The van der Waals surface area contributed by atoms with E-state index in [1.54, 1.807) is 0 Å². The van der Waals surface area contributed by atoms with Crippen LogP contribution in [0.3, 0.4) is 0 Å². The minimum absolute atomic E-state index is 0.491. The lowest BCUT2D eigenvalue weighted by molar-refractivity contribution is 1.23. The molecule has 0 aliphatic rings. The second kappa shape index (κ2) is 4.76. The van der Waals surface area contributed by atoms with Crippen molar-refractivity contribution < 1.29 is 0 Å². The molecule has 0 fully saturated rings. The molecule has 0 aliphatic heterocycles. The highest BCUT2D eigenvalue weighted by Crippen LogP contribution is 2.26. The van der Waals surface area contributed by atoms with Gasteiger partial charge in [0.15, 0.2) is 5.82 Å². The number of hydrogen-bond acceptors (Lipinski definition) is 3. The number of nitrogens with zero attached hydrogens (tertiary/aromatic N) is 2. The highest BCUT2D eigenvalue weighted by atomic mass is 35.5. The van der Waals surface area contributed by atoms with Gasteiger partial charge in [-0.25, -0.2) is 9.97 Å². The van der Waals surface area contributed by atoms with Crippen LogP contribution in [0.5, 0.6) is 0 Å². The molecule has 3 nitrogen and oxygen atoms in total. The molecule has 2 aromatic carbocycles. The third-order valence-electron chi connectivity index (χ3n) is 3.31. The highest BCUT2D eigenvalue weighted by Gasteiger charge is 2.08. The van der Waals surface area contributed by atoms with Crippen molar-refractivity contribution in [2.45, 2.75) is 13.8 Å². The van der Waals surface area contributed by atoms with E-state index in [-0.39, 0.29) is 0 Å². The van der Waals surface area contributed by atoms with Gasteiger partial charge in [-0.05, 0) is 37.6 Å². The lowest BCUT2D eigenvalue weighted by Crippen LogP contribution is -1.98. The number of halogens is 1. The van der Waals surface area contributed by atoms with E-state index in [1.165, 1.54) is 0 Å². The Morgan fingerprint density at radius 3 is 2.55 bits per heavy atom. The average molecular weight is 284 g/mol. The molecule has 0 bridgehead atoms. The number of aromatic nitrogens is 2. The smallest absolute Gasteiger partial charge is 0.162 e. The summed E-state index contributed by atoms with van der Waals surface area (Å²) in [6.07, 6.45) is 0. The number of anilines is 1. The standard InChI is InChI=1S/C16H14ClN3/c1-9-3-6-14-12(7-9)15(18)20-16(19-14)11-5-4-10(2)13(17)8-11/h3-8H,1-2H3,(H2,18,19,20). The molecule has 0 saturated heterocycles. The zero-order chi connectivity index (χ0) is 14.3. The molecule has 0 aliphatic carbocycles. The van der Waals surface area contributed by atoms with Crippen molar-refractivity contribution in [3.8, 4) is 11.4 Å². The molecule has 3 aromatic rings. The molecule has 0 spiro atoms. The molecule has 0 atom stereocenters. The number of nitrogens with two attached hydrogens (primary N) is 1. The average Bonchev–Trinajstić information content (AvgIpc) is 2.42. The van der Waals surface area contributed by atoms with Crippen molar-refractivity contribution in [1.29, 1.82) is 0 Å². The van der Waals surface area contributed by atoms with Gasteiger partial charge in [-0.2, -0.15) is 0 Å². The maximum Gasteiger partial charge on any atom is 0.162 e. The van der Waals surface area contributed by atoms with Gasteiger partial charge in [0, 0.05) is 16.0 Å². The van der Waals surface area contributed by atoms with Crippen LogP contribution in [0.25, 0.3) is 22.3 Å². The molecular weight excluding hydrogens is 270 g/mol. The summed E-state index contributed by atoms with van der Waals surface area (Å²) in [5.74, 6) is 1.09. The Morgan fingerprint density at radius 1 is 1.00 bits per heavy atom. The third-order valence-corrected chi connectivity index (χ3v) is 3.72. The second-order valence-corrected chi connectivity index (χ2v) is 5.32. The van der Waals surface area contributed by atoms with Gasteiger partial charge in [0.1, 0.15) is 5.82 Å². The molecule has 20 heavy (non-hydrogen) atoms. The Kier molecular flexibility index (Phi) is 3.07. The Hall–Kier alpha value is -2.13. The Balaban J connectivity index is 2.21. The normalized spacial score (nSPS) is 10.9. The van der Waals surface area contributed by atoms with Crippen LogP contribution in [0.2, 0.25) is 5.02 Å².